The molecule has 8 nitrogen and oxygen atoms in total. The lowest BCUT2D eigenvalue weighted by molar-refractivity contribution is -0.129. The molecule has 1 atom stereocenters. The second kappa shape index (κ2) is 7.33. The highest BCUT2D eigenvalue weighted by Gasteiger charge is 2.36. The molecule has 2 aromatic heterocycles. The number of carbonyl (C=O) groups is 2. The van der Waals surface area contributed by atoms with Crippen molar-refractivity contribution in [3.8, 4) is 0 Å². The fourth-order valence-electron chi connectivity index (χ4n) is 4.12. The summed E-state index contributed by atoms with van der Waals surface area (Å²) in [5, 5.41) is 4.02. The lowest BCUT2D eigenvalue weighted by Gasteiger charge is -2.28. The second-order valence-electron chi connectivity index (χ2n) is 7.46. The Labute approximate surface area is 163 Å². The molecule has 28 heavy (non-hydrogen) atoms. The molecule has 4 rings (SSSR count). The monoisotopic (exact) mass is 383 g/mol. The fraction of sp³-hybridized carbons (Fsp3) is 0.550. The maximum absolute atomic E-state index is 13.2. The van der Waals surface area contributed by atoms with Crippen molar-refractivity contribution in [3.63, 3.8) is 0 Å². The van der Waals surface area contributed by atoms with E-state index < -0.39 is 0 Å². The number of likely N-dealkylation sites (tertiary alicyclic amines) is 1. The lowest BCUT2D eigenvalue weighted by Crippen LogP contribution is -2.36. The van der Waals surface area contributed by atoms with E-state index in [9.17, 15) is 9.59 Å². The van der Waals surface area contributed by atoms with Crippen LogP contribution in [-0.2, 0) is 24.2 Å². The van der Waals surface area contributed by atoms with Crippen LogP contribution in [0.25, 0.3) is 0 Å². The normalized spacial score (nSPS) is 19.0. The molecular weight excluding hydrogens is 358 g/mol. The van der Waals surface area contributed by atoms with E-state index in [1.54, 1.807) is 18.7 Å². The Morgan fingerprint density at radius 2 is 2.14 bits per heavy atom. The maximum Gasteiger partial charge on any atom is 0.260 e. The van der Waals surface area contributed by atoms with E-state index in [1.807, 2.05) is 18.0 Å². The van der Waals surface area contributed by atoms with Gasteiger partial charge in [0.25, 0.3) is 5.91 Å². The molecule has 2 amide bonds. The lowest BCUT2D eigenvalue weighted by atomic mass is 10.1. The van der Waals surface area contributed by atoms with Crippen molar-refractivity contribution in [1.82, 2.24) is 24.9 Å². The highest BCUT2D eigenvalue weighted by atomic mass is 16.5. The molecule has 0 unspecified atom stereocenters. The Hall–Kier alpha value is -2.77. The summed E-state index contributed by atoms with van der Waals surface area (Å²) in [5.74, 6) is 1.26. The van der Waals surface area contributed by atoms with Gasteiger partial charge in [-0.2, -0.15) is 0 Å². The summed E-state index contributed by atoms with van der Waals surface area (Å²) >= 11 is 0. The van der Waals surface area contributed by atoms with Crippen molar-refractivity contribution in [2.75, 3.05) is 13.1 Å². The smallest absolute Gasteiger partial charge is 0.260 e. The highest BCUT2D eigenvalue weighted by molar-refractivity contribution is 5.96. The van der Waals surface area contributed by atoms with Crippen LogP contribution in [0.3, 0.4) is 0 Å². The summed E-state index contributed by atoms with van der Waals surface area (Å²) in [6.45, 7) is 7.23. The van der Waals surface area contributed by atoms with Gasteiger partial charge in [-0.05, 0) is 26.2 Å². The summed E-state index contributed by atoms with van der Waals surface area (Å²) in [5.41, 5.74) is 3.25. The first-order chi connectivity index (χ1) is 13.5. The van der Waals surface area contributed by atoms with Gasteiger partial charge < -0.3 is 14.3 Å². The SMILES string of the molecule is CCc1noc(C)c1C(=O)N1CCC[C@@H]1c1ncc2c(n1)CCN(C(C)=O)C2. The predicted molar refractivity (Wildman–Crippen MR) is 100 cm³/mol. The van der Waals surface area contributed by atoms with Gasteiger partial charge in [-0.3, -0.25) is 9.59 Å². The zero-order valence-electron chi connectivity index (χ0n) is 16.6. The standard InChI is InChI=1S/C20H25N5O3/c1-4-15-18(12(2)28-23-15)20(27)25-8-5-6-17(25)19-21-10-14-11-24(13(3)26)9-7-16(14)22-19/h10,17H,4-9,11H2,1-3H3/t17-/m1/s1. The van der Waals surface area contributed by atoms with Crippen LogP contribution in [0, 0.1) is 6.92 Å². The van der Waals surface area contributed by atoms with Gasteiger partial charge in [0.1, 0.15) is 11.3 Å². The minimum Gasteiger partial charge on any atom is -0.361 e. The number of rotatable bonds is 3. The molecule has 0 radical (unpaired) electrons. The Bertz CT molecular complexity index is 923. The molecule has 0 aromatic carbocycles. The zero-order chi connectivity index (χ0) is 19.8. The van der Waals surface area contributed by atoms with Crippen molar-refractivity contribution in [2.45, 2.75) is 59.0 Å². The van der Waals surface area contributed by atoms with Crippen LogP contribution in [0.2, 0.25) is 0 Å². The molecule has 0 bridgehead atoms. The third kappa shape index (κ3) is 3.16. The van der Waals surface area contributed by atoms with Gasteiger partial charge in [-0.25, -0.2) is 9.97 Å². The van der Waals surface area contributed by atoms with Crippen molar-refractivity contribution < 1.29 is 14.1 Å². The molecule has 2 aliphatic rings. The van der Waals surface area contributed by atoms with Crippen molar-refractivity contribution in [2.24, 2.45) is 0 Å². The molecule has 0 aliphatic carbocycles. The largest absolute Gasteiger partial charge is 0.361 e. The second-order valence-corrected chi connectivity index (χ2v) is 7.46. The number of amides is 2. The number of aromatic nitrogens is 3. The number of hydrogen-bond donors (Lipinski definition) is 0. The molecule has 4 heterocycles. The summed E-state index contributed by atoms with van der Waals surface area (Å²) in [6, 6.07) is -0.136. The van der Waals surface area contributed by atoms with Gasteiger partial charge in [0.05, 0.1) is 17.4 Å². The number of carbonyl (C=O) groups excluding carboxylic acids is 2. The van der Waals surface area contributed by atoms with E-state index in [1.165, 1.54) is 0 Å². The first-order valence-corrected chi connectivity index (χ1v) is 9.86. The molecule has 1 saturated heterocycles. The van der Waals surface area contributed by atoms with Crippen LogP contribution >= 0.6 is 0 Å². The molecule has 8 heteroatoms. The summed E-state index contributed by atoms with van der Waals surface area (Å²) in [6.07, 6.45) is 4.95. The van der Waals surface area contributed by atoms with Gasteiger partial charge in [-0.1, -0.05) is 12.1 Å². The summed E-state index contributed by atoms with van der Waals surface area (Å²) in [7, 11) is 0. The van der Waals surface area contributed by atoms with Crippen LogP contribution in [0.1, 0.15) is 71.6 Å². The number of fused-ring (bicyclic) bond motifs is 1. The van der Waals surface area contributed by atoms with Crippen molar-refractivity contribution >= 4 is 11.8 Å². The van der Waals surface area contributed by atoms with Crippen molar-refractivity contribution in [3.05, 3.63) is 40.3 Å². The molecule has 0 N–H and O–H groups in total. The Balaban J connectivity index is 1.60. The molecule has 148 valence electrons. The summed E-state index contributed by atoms with van der Waals surface area (Å²) in [4.78, 5) is 37.9. The molecular formula is C20H25N5O3. The predicted octanol–water partition coefficient (Wildman–Crippen LogP) is 2.22. The van der Waals surface area contributed by atoms with Gasteiger partial charge in [0, 0.05) is 44.7 Å². The first kappa shape index (κ1) is 18.6. The maximum atomic E-state index is 13.2. The van der Waals surface area contributed by atoms with Crippen LogP contribution in [0.15, 0.2) is 10.7 Å². The number of hydrogen-bond acceptors (Lipinski definition) is 6. The molecule has 0 spiro atoms. The average Bonchev–Trinajstić information content (AvgIpc) is 3.33. The fourth-order valence-corrected chi connectivity index (χ4v) is 4.12. The van der Waals surface area contributed by atoms with E-state index in [4.69, 9.17) is 9.51 Å². The van der Waals surface area contributed by atoms with Gasteiger partial charge in [-0.15, -0.1) is 0 Å². The van der Waals surface area contributed by atoms with Crippen LogP contribution in [-0.4, -0.2) is 49.8 Å². The Morgan fingerprint density at radius 3 is 2.89 bits per heavy atom. The van der Waals surface area contributed by atoms with Crippen LogP contribution in [0.4, 0.5) is 0 Å². The third-order valence-corrected chi connectivity index (χ3v) is 5.69. The molecule has 0 saturated carbocycles. The first-order valence-electron chi connectivity index (χ1n) is 9.86. The van der Waals surface area contributed by atoms with E-state index in [2.05, 4.69) is 10.1 Å². The average molecular weight is 383 g/mol. The van der Waals surface area contributed by atoms with Gasteiger partial charge in [0.15, 0.2) is 5.82 Å². The highest BCUT2D eigenvalue weighted by Crippen LogP contribution is 2.33. The van der Waals surface area contributed by atoms with Gasteiger partial charge in [0.2, 0.25) is 5.91 Å². The Morgan fingerprint density at radius 1 is 1.32 bits per heavy atom. The minimum atomic E-state index is -0.136. The summed E-state index contributed by atoms with van der Waals surface area (Å²) < 4.78 is 5.25. The quantitative estimate of drug-likeness (QED) is 0.807. The van der Waals surface area contributed by atoms with E-state index in [0.29, 0.717) is 48.9 Å². The topological polar surface area (TPSA) is 92.4 Å². The van der Waals surface area contributed by atoms with E-state index >= 15 is 0 Å². The van der Waals surface area contributed by atoms with E-state index in [0.717, 1.165) is 30.5 Å². The molecule has 2 aliphatic heterocycles. The molecule has 1 fully saturated rings. The number of aryl methyl sites for hydroxylation is 2. The number of nitrogens with zero attached hydrogens (tertiary/aromatic N) is 5. The van der Waals surface area contributed by atoms with Crippen LogP contribution in [0.5, 0.6) is 0 Å². The van der Waals surface area contributed by atoms with E-state index in [-0.39, 0.29) is 17.9 Å². The Kier molecular flexibility index (Phi) is 4.87. The van der Waals surface area contributed by atoms with Gasteiger partial charge >= 0.3 is 0 Å². The third-order valence-electron chi connectivity index (χ3n) is 5.69. The molecule has 2 aromatic rings. The minimum absolute atomic E-state index is 0.0535. The van der Waals surface area contributed by atoms with Crippen LogP contribution < -0.4 is 0 Å². The van der Waals surface area contributed by atoms with Crippen molar-refractivity contribution in [1.29, 1.82) is 0 Å². The zero-order valence-corrected chi connectivity index (χ0v) is 16.6.